The largest absolute Gasteiger partial charge is 0.303 e. The summed E-state index contributed by atoms with van der Waals surface area (Å²) in [6.07, 6.45) is 2.16. The minimum Gasteiger partial charge on any atom is -0.303 e. The number of hydrogen-bond donors (Lipinski definition) is 0. The van der Waals surface area contributed by atoms with Crippen molar-refractivity contribution in [2.24, 2.45) is 5.92 Å². The molecule has 1 saturated heterocycles. The summed E-state index contributed by atoms with van der Waals surface area (Å²) in [5, 5.41) is 1.75. The lowest BCUT2D eigenvalue weighted by Gasteiger charge is -2.28. The second kappa shape index (κ2) is 5.17. The lowest BCUT2D eigenvalue weighted by Crippen LogP contribution is -2.38. The molecule has 1 fully saturated rings. The van der Waals surface area contributed by atoms with Gasteiger partial charge < -0.3 is 4.79 Å². The van der Waals surface area contributed by atoms with Crippen molar-refractivity contribution in [3.05, 3.63) is 15.9 Å². The highest BCUT2D eigenvalue weighted by molar-refractivity contribution is 9.10. The molecule has 0 bridgehead atoms. The average Bonchev–Trinajstić information content (AvgIpc) is 2.76. The van der Waals surface area contributed by atoms with E-state index in [-0.39, 0.29) is 5.92 Å². The molecular formula is C10H12BrNO3S2. The Bertz CT molecular complexity index is 503. The third-order valence-electron chi connectivity index (χ3n) is 2.85. The van der Waals surface area contributed by atoms with E-state index in [1.807, 2.05) is 0 Å². The first-order chi connectivity index (χ1) is 8.05. The Morgan fingerprint density at radius 1 is 1.41 bits per heavy atom. The molecule has 7 heteroatoms. The fourth-order valence-electron chi connectivity index (χ4n) is 1.83. The van der Waals surface area contributed by atoms with Crippen molar-refractivity contribution >= 4 is 43.6 Å². The predicted molar refractivity (Wildman–Crippen MR) is 69.6 cm³/mol. The first-order valence-electron chi connectivity index (χ1n) is 5.24. The molecule has 17 heavy (non-hydrogen) atoms. The van der Waals surface area contributed by atoms with Gasteiger partial charge in [-0.05, 0) is 40.2 Å². The SMILES string of the molecule is O=CC1CCN(S(=O)(=O)c2sccc2Br)CC1. The van der Waals surface area contributed by atoms with Gasteiger partial charge >= 0.3 is 0 Å². The van der Waals surface area contributed by atoms with Gasteiger partial charge in [-0.3, -0.25) is 0 Å². The number of piperidine rings is 1. The lowest BCUT2D eigenvalue weighted by molar-refractivity contribution is -0.112. The molecule has 0 unspecified atom stereocenters. The van der Waals surface area contributed by atoms with E-state index < -0.39 is 10.0 Å². The highest BCUT2D eigenvalue weighted by Crippen LogP contribution is 2.32. The van der Waals surface area contributed by atoms with Crippen molar-refractivity contribution in [1.82, 2.24) is 4.31 Å². The Labute approximate surface area is 113 Å². The lowest BCUT2D eigenvalue weighted by atomic mass is 10.0. The number of halogens is 1. The van der Waals surface area contributed by atoms with Crippen molar-refractivity contribution in [1.29, 1.82) is 0 Å². The van der Waals surface area contributed by atoms with Crippen LogP contribution in [0.3, 0.4) is 0 Å². The number of aldehydes is 1. The Morgan fingerprint density at radius 2 is 2.06 bits per heavy atom. The number of nitrogens with zero attached hydrogens (tertiary/aromatic N) is 1. The van der Waals surface area contributed by atoms with E-state index in [1.54, 1.807) is 11.4 Å². The molecule has 1 aliphatic heterocycles. The molecule has 0 aliphatic carbocycles. The standard InChI is InChI=1S/C10H12BrNO3S2/c11-9-3-6-16-10(9)17(14,15)12-4-1-8(7-13)2-5-12/h3,6-8H,1-2,4-5H2. The number of thiophene rings is 1. The van der Waals surface area contributed by atoms with Gasteiger partial charge in [0.25, 0.3) is 10.0 Å². The van der Waals surface area contributed by atoms with Gasteiger partial charge in [-0.15, -0.1) is 11.3 Å². The Hall–Kier alpha value is -0.240. The Kier molecular flexibility index (Phi) is 4.02. The zero-order chi connectivity index (χ0) is 12.5. The first kappa shape index (κ1) is 13.2. The molecule has 1 aliphatic rings. The summed E-state index contributed by atoms with van der Waals surface area (Å²) >= 11 is 4.45. The molecule has 0 saturated carbocycles. The van der Waals surface area contributed by atoms with Crippen LogP contribution in [-0.2, 0) is 14.8 Å². The third kappa shape index (κ3) is 2.62. The molecule has 0 amide bonds. The number of rotatable bonds is 3. The van der Waals surface area contributed by atoms with Crippen molar-refractivity contribution in [3.63, 3.8) is 0 Å². The van der Waals surface area contributed by atoms with Gasteiger partial charge in [0.1, 0.15) is 10.5 Å². The average molecular weight is 338 g/mol. The summed E-state index contributed by atoms with van der Waals surface area (Å²) in [5.74, 6) is 0.00762. The van der Waals surface area contributed by atoms with Crippen LogP contribution in [0, 0.1) is 5.92 Å². The highest BCUT2D eigenvalue weighted by Gasteiger charge is 2.31. The van der Waals surface area contributed by atoms with E-state index in [0.717, 1.165) is 6.29 Å². The molecule has 1 aromatic heterocycles. The summed E-state index contributed by atoms with van der Waals surface area (Å²) in [6, 6.07) is 1.73. The molecule has 4 nitrogen and oxygen atoms in total. The van der Waals surface area contributed by atoms with Gasteiger partial charge in [0.05, 0.1) is 0 Å². The second-order valence-electron chi connectivity index (χ2n) is 3.93. The van der Waals surface area contributed by atoms with Crippen molar-refractivity contribution < 1.29 is 13.2 Å². The smallest absolute Gasteiger partial charge is 0.253 e. The normalized spacial score (nSPS) is 19.4. The molecule has 0 spiro atoms. The number of carbonyl (C=O) groups excluding carboxylic acids is 1. The van der Waals surface area contributed by atoms with E-state index in [9.17, 15) is 13.2 Å². The summed E-state index contributed by atoms with van der Waals surface area (Å²) in [7, 11) is -3.39. The molecule has 0 radical (unpaired) electrons. The van der Waals surface area contributed by atoms with Crippen LogP contribution in [0.5, 0.6) is 0 Å². The fourth-order valence-corrected chi connectivity index (χ4v) is 5.75. The Balaban J connectivity index is 2.18. The highest BCUT2D eigenvalue weighted by atomic mass is 79.9. The van der Waals surface area contributed by atoms with Crippen molar-refractivity contribution in [2.45, 2.75) is 17.1 Å². The van der Waals surface area contributed by atoms with Gasteiger partial charge in [0.15, 0.2) is 0 Å². The molecule has 0 N–H and O–H groups in total. The van der Waals surface area contributed by atoms with Crippen molar-refractivity contribution in [3.8, 4) is 0 Å². The molecule has 0 atom stereocenters. The van der Waals surface area contributed by atoms with Gasteiger partial charge in [0.2, 0.25) is 0 Å². The molecule has 94 valence electrons. The fraction of sp³-hybridized carbons (Fsp3) is 0.500. The van der Waals surface area contributed by atoms with Crippen molar-refractivity contribution in [2.75, 3.05) is 13.1 Å². The molecule has 2 heterocycles. The number of carbonyl (C=O) groups is 1. The van der Waals surface area contributed by atoms with Crippen LogP contribution < -0.4 is 0 Å². The number of sulfonamides is 1. The molecule has 1 aromatic rings. The van der Waals surface area contributed by atoms with Crippen LogP contribution in [0.15, 0.2) is 20.1 Å². The van der Waals surface area contributed by atoms with Gasteiger partial charge in [-0.2, -0.15) is 4.31 Å². The van der Waals surface area contributed by atoms with E-state index in [0.29, 0.717) is 34.6 Å². The topological polar surface area (TPSA) is 54.5 Å². The minimum absolute atomic E-state index is 0.00762. The summed E-state index contributed by atoms with van der Waals surface area (Å²) in [6.45, 7) is 0.853. The van der Waals surface area contributed by atoms with E-state index in [1.165, 1.54) is 15.6 Å². The van der Waals surface area contributed by atoms with Crippen LogP contribution in [0.2, 0.25) is 0 Å². The predicted octanol–water partition coefficient (Wildman–Crippen LogP) is 2.11. The maximum absolute atomic E-state index is 12.3. The second-order valence-corrected chi connectivity index (χ2v) is 7.84. The van der Waals surface area contributed by atoms with Gasteiger partial charge in [0, 0.05) is 23.5 Å². The maximum atomic E-state index is 12.3. The zero-order valence-electron chi connectivity index (χ0n) is 9.00. The van der Waals surface area contributed by atoms with Crippen LogP contribution >= 0.6 is 27.3 Å². The molecule has 0 aromatic carbocycles. The van der Waals surface area contributed by atoms with Crippen LogP contribution in [-0.4, -0.2) is 32.1 Å². The Morgan fingerprint density at radius 3 is 2.53 bits per heavy atom. The monoisotopic (exact) mass is 337 g/mol. The van der Waals surface area contributed by atoms with Gasteiger partial charge in [-0.25, -0.2) is 8.42 Å². The van der Waals surface area contributed by atoms with Crippen LogP contribution in [0.1, 0.15) is 12.8 Å². The van der Waals surface area contributed by atoms with Crippen LogP contribution in [0.25, 0.3) is 0 Å². The minimum atomic E-state index is -3.39. The maximum Gasteiger partial charge on any atom is 0.253 e. The summed E-state index contributed by atoms with van der Waals surface area (Å²) < 4.78 is 27.0. The zero-order valence-corrected chi connectivity index (χ0v) is 12.2. The molecular weight excluding hydrogens is 326 g/mol. The van der Waals surface area contributed by atoms with E-state index in [4.69, 9.17) is 0 Å². The molecule has 2 rings (SSSR count). The quantitative estimate of drug-likeness (QED) is 0.793. The third-order valence-corrected chi connectivity index (χ3v) is 7.40. The summed E-state index contributed by atoms with van der Waals surface area (Å²) in [4.78, 5) is 10.6. The van der Waals surface area contributed by atoms with E-state index >= 15 is 0 Å². The van der Waals surface area contributed by atoms with Crippen LogP contribution in [0.4, 0.5) is 0 Å². The van der Waals surface area contributed by atoms with E-state index in [2.05, 4.69) is 15.9 Å². The van der Waals surface area contributed by atoms with Gasteiger partial charge in [-0.1, -0.05) is 0 Å². The number of hydrogen-bond acceptors (Lipinski definition) is 4. The summed E-state index contributed by atoms with van der Waals surface area (Å²) in [5.41, 5.74) is 0. The first-order valence-corrected chi connectivity index (χ1v) is 8.35.